The van der Waals surface area contributed by atoms with E-state index in [2.05, 4.69) is 40.6 Å². The van der Waals surface area contributed by atoms with E-state index in [1.165, 1.54) is 4.88 Å². The average molecular weight is 307 g/mol. The number of hydrogen-bond donors (Lipinski definition) is 3. The van der Waals surface area contributed by atoms with E-state index in [1.54, 1.807) is 11.3 Å². The Morgan fingerprint density at radius 1 is 1.38 bits per heavy atom. The summed E-state index contributed by atoms with van der Waals surface area (Å²) in [4.78, 5) is 11.0. The summed E-state index contributed by atoms with van der Waals surface area (Å²) in [6, 6.07) is 2.12. The Morgan fingerprint density at radius 2 is 2.14 bits per heavy atom. The third kappa shape index (κ3) is 3.09. The maximum atomic E-state index is 5.47. The predicted octanol–water partition coefficient (Wildman–Crippen LogP) is 2.51. The van der Waals surface area contributed by atoms with Crippen LogP contribution in [0.2, 0.25) is 0 Å². The molecular weight excluding hydrogens is 286 g/mol. The number of nitrogen functional groups attached to an aromatic ring is 1. The van der Waals surface area contributed by atoms with Crippen LogP contribution in [-0.4, -0.2) is 29.7 Å². The first kappa shape index (κ1) is 14.5. The highest BCUT2D eigenvalue weighted by atomic mass is 32.1. The minimum Gasteiger partial charge on any atom is -0.381 e. The Hall–Kier alpha value is -1.44. The summed E-state index contributed by atoms with van der Waals surface area (Å²) in [7, 11) is 0. The van der Waals surface area contributed by atoms with Crippen LogP contribution in [0.25, 0.3) is 10.2 Å². The van der Waals surface area contributed by atoms with Crippen LogP contribution < -0.4 is 16.6 Å². The Balaban J connectivity index is 1.85. The van der Waals surface area contributed by atoms with Gasteiger partial charge in [-0.25, -0.2) is 10.8 Å². The minimum atomic E-state index is 0.247. The summed E-state index contributed by atoms with van der Waals surface area (Å²) < 4.78 is 5.45. The zero-order chi connectivity index (χ0) is 14.9. The van der Waals surface area contributed by atoms with Crippen molar-refractivity contribution in [3.8, 4) is 0 Å². The van der Waals surface area contributed by atoms with Crippen molar-refractivity contribution in [1.82, 2.24) is 9.97 Å². The van der Waals surface area contributed by atoms with E-state index in [-0.39, 0.29) is 5.41 Å². The molecule has 21 heavy (non-hydrogen) atoms. The van der Waals surface area contributed by atoms with Crippen LogP contribution in [-0.2, 0) is 4.74 Å². The third-order valence-corrected chi connectivity index (χ3v) is 4.97. The molecule has 0 aliphatic carbocycles. The standard InChI is InChI=1S/C14H21N5OS/c1-9-7-10-11(17-13(19-15)18-12(10)21-9)16-8-14(2)3-5-20-6-4-14/h7H,3-6,8,15H2,1-2H3,(H2,16,17,18,19). The van der Waals surface area contributed by atoms with Crippen molar-refractivity contribution >= 4 is 33.3 Å². The van der Waals surface area contributed by atoms with Crippen molar-refractivity contribution < 1.29 is 4.74 Å². The number of nitrogens with zero attached hydrogens (tertiary/aromatic N) is 2. The summed E-state index contributed by atoms with van der Waals surface area (Å²) in [6.45, 7) is 6.92. The van der Waals surface area contributed by atoms with Gasteiger partial charge in [-0.3, -0.25) is 5.43 Å². The number of anilines is 2. The molecule has 1 aliphatic rings. The first-order valence-corrected chi connectivity index (χ1v) is 7.98. The molecule has 0 bridgehead atoms. The predicted molar refractivity (Wildman–Crippen MR) is 86.6 cm³/mol. The first-order valence-electron chi connectivity index (χ1n) is 7.16. The van der Waals surface area contributed by atoms with Crippen molar-refractivity contribution in [3.63, 3.8) is 0 Å². The molecule has 0 atom stereocenters. The van der Waals surface area contributed by atoms with Crippen LogP contribution >= 0.6 is 11.3 Å². The maximum Gasteiger partial charge on any atom is 0.240 e. The van der Waals surface area contributed by atoms with Crippen molar-refractivity contribution in [2.24, 2.45) is 11.3 Å². The van der Waals surface area contributed by atoms with E-state index >= 15 is 0 Å². The lowest BCUT2D eigenvalue weighted by atomic mass is 9.82. The van der Waals surface area contributed by atoms with Gasteiger partial charge in [0.1, 0.15) is 10.6 Å². The summed E-state index contributed by atoms with van der Waals surface area (Å²) in [5.74, 6) is 6.77. The molecule has 0 amide bonds. The van der Waals surface area contributed by atoms with Crippen LogP contribution in [0.15, 0.2) is 6.07 Å². The number of rotatable bonds is 4. The number of ether oxygens (including phenoxy) is 1. The molecule has 0 unspecified atom stereocenters. The molecular formula is C14H21N5OS. The topological polar surface area (TPSA) is 85.1 Å². The van der Waals surface area contributed by atoms with E-state index in [9.17, 15) is 0 Å². The number of nitrogens with one attached hydrogen (secondary N) is 2. The smallest absolute Gasteiger partial charge is 0.240 e. The molecule has 0 spiro atoms. The van der Waals surface area contributed by atoms with E-state index in [0.717, 1.165) is 48.6 Å². The van der Waals surface area contributed by atoms with Gasteiger partial charge in [0, 0.05) is 24.6 Å². The highest BCUT2D eigenvalue weighted by Crippen LogP contribution is 2.33. The van der Waals surface area contributed by atoms with Gasteiger partial charge in [-0.15, -0.1) is 11.3 Å². The fraction of sp³-hybridized carbons (Fsp3) is 0.571. The van der Waals surface area contributed by atoms with Gasteiger partial charge in [0.25, 0.3) is 0 Å². The number of fused-ring (bicyclic) bond motifs is 1. The molecule has 3 heterocycles. The number of hydrazine groups is 1. The fourth-order valence-corrected chi connectivity index (χ4v) is 3.46. The Bertz CT molecular complexity index is 636. The van der Waals surface area contributed by atoms with E-state index < -0.39 is 0 Å². The number of aromatic nitrogens is 2. The number of nitrogens with two attached hydrogens (primary N) is 1. The number of aryl methyl sites for hydroxylation is 1. The van der Waals surface area contributed by atoms with E-state index in [4.69, 9.17) is 10.6 Å². The molecule has 0 radical (unpaired) electrons. The van der Waals surface area contributed by atoms with Crippen LogP contribution in [0.4, 0.5) is 11.8 Å². The second-order valence-corrected chi connectivity index (χ2v) is 7.13. The lowest BCUT2D eigenvalue weighted by Gasteiger charge is -2.33. The van der Waals surface area contributed by atoms with Crippen LogP contribution in [0, 0.1) is 12.3 Å². The molecule has 1 fully saturated rings. The van der Waals surface area contributed by atoms with E-state index in [0.29, 0.717) is 5.95 Å². The van der Waals surface area contributed by atoms with Crippen molar-refractivity contribution in [3.05, 3.63) is 10.9 Å². The normalized spacial score (nSPS) is 17.9. The van der Waals surface area contributed by atoms with Gasteiger partial charge in [0.2, 0.25) is 5.95 Å². The lowest BCUT2D eigenvalue weighted by Crippen LogP contribution is -2.33. The SMILES string of the molecule is Cc1cc2c(NCC3(C)CCOCC3)nc(NN)nc2s1. The van der Waals surface area contributed by atoms with E-state index in [1.807, 2.05) is 0 Å². The van der Waals surface area contributed by atoms with Crippen LogP contribution in [0.1, 0.15) is 24.6 Å². The molecule has 2 aromatic rings. The highest BCUT2D eigenvalue weighted by molar-refractivity contribution is 7.18. The first-order chi connectivity index (χ1) is 10.1. The second kappa shape index (κ2) is 5.75. The fourth-order valence-electron chi connectivity index (χ4n) is 2.58. The minimum absolute atomic E-state index is 0.247. The zero-order valence-electron chi connectivity index (χ0n) is 12.4. The molecule has 1 aliphatic heterocycles. The Labute approximate surface area is 128 Å². The highest BCUT2D eigenvalue weighted by Gasteiger charge is 2.27. The molecule has 2 aromatic heterocycles. The molecule has 4 N–H and O–H groups in total. The van der Waals surface area contributed by atoms with Gasteiger partial charge in [-0.05, 0) is 31.2 Å². The summed E-state index contributed by atoms with van der Waals surface area (Å²) in [5.41, 5.74) is 2.79. The van der Waals surface area contributed by atoms with Crippen LogP contribution in [0.5, 0.6) is 0 Å². The molecule has 0 saturated carbocycles. The quantitative estimate of drug-likeness (QED) is 0.594. The summed E-state index contributed by atoms with van der Waals surface area (Å²) >= 11 is 1.65. The lowest BCUT2D eigenvalue weighted by molar-refractivity contribution is 0.0300. The van der Waals surface area contributed by atoms with Gasteiger partial charge in [-0.2, -0.15) is 4.98 Å². The molecule has 3 rings (SSSR count). The Morgan fingerprint density at radius 3 is 2.86 bits per heavy atom. The van der Waals surface area contributed by atoms with Gasteiger partial charge in [0.15, 0.2) is 0 Å². The average Bonchev–Trinajstić information content (AvgIpc) is 2.85. The van der Waals surface area contributed by atoms with Crippen molar-refractivity contribution in [1.29, 1.82) is 0 Å². The van der Waals surface area contributed by atoms with Gasteiger partial charge in [0.05, 0.1) is 5.39 Å². The third-order valence-electron chi connectivity index (χ3n) is 4.03. The number of thiophene rings is 1. The van der Waals surface area contributed by atoms with Crippen molar-refractivity contribution in [2.75, 3.05) is 30.5 Å². The van der Waals surface area contributed by atoms with Gasteiger partial charge in [-0.1, -0.05) is 6.92 Å². The monoisotopic (exact) mass is 307 g/mol. The summed E-state index contributed by atoms with van der Waals surface area (Å²) in [6.07, 6.45) is 2.14. The molecule has 114 valence electrons. The number of hydrogen-bond acceptors (Lipinski definition) is 7. The largest absolute Gasteiger partial charge is 0.381 e. The summed E-state index contributed by atoms with van der Waals surface area (Å²) in [5, 5.41) is 4.55. The van der Waals surface area contributed by atoms with Crippen LogP contribution in [0.3, 0.4) is 0 Å². The maximum absolute atomic E-state index is 5.47. The molecule has 6 nitrogen and oxygen atoms in total. The van der Waals surface area contributed by atoms with Crippen molar-refractivity contribution in [2.45, 2.75) is 26.7 Å². The molecule has 0 aromatic carbocycles. The molecule has 1 saturated heterocycles. The zero-order valence-corrected chi connectivity index (χ0v) is 13.2. The van der Waals surface area contributed by atoms with Gasteiger partial charge < -0.3 is 10.1 Å². The molecule has 7 heteroatoms. The Kier molecular flexibility index (Phi) is 3.97. The van der Waals surface area contributed by atoms with Gasteiger partial charge >= 0.3 is 0 Å². The second-order valence-electron chi connectivity index (χ2n) is 5.89.